The van der Waals surface area contributed by atoms with E-state index >= 15 is 0 Å². The summed E-state index contributed by atoms with van der Waals surface area (Å²) in [7, 11) is 3.53. The minimum Gasteiger partial charge on any atom is -0.497 e. The van der Waals surface area contributed by atoms with Crippen molar-refractivity contribution in [2.45, 2.75) is 43.1 Å². The molecular formula is C17H24N4O2S. The number of aryl methyl sites for hydroxylation is 2. The fourth-order valence-corrected chi connectivity index (χ4v) is 3.00. The fourth-order valence-electron chi connectivity index (χ4n) is 2.20. The van der Waals surface area contributed by atoms with Crippen LogP contribution in [0.1, 0.15) is 25.8 Å². The SMILES string of the molecule is COc1ccc(CC[C@@H](C)NC(=O)[C@H](C)Sc2nncn2C)cc1. The number of hydrogen-bond donors (Lipinski definition) is 1. The predicted molar refractivity (Wildman–Crippen MR) is 95.2 cm³/mol. The average molecular weight is 348 g/mol. The van der Waals surface area contributed by atoms with Crippen molar-refractivity contribution >= 4 is 17.7 Å². The highest BCUT2D eigenvalue weighted by molar-refractivity contribution is 8.00. The van der Waals surface area contributed by atoms with Gasteiger partial charge in [0, 0.05) is 13.1 Å². The van der Waals surface area contributed by atoms with Crippen LogP contribution >= 0.6 is 11.8 Å². The second kappa shape index (κ2) is 8.73. The van der Waals surface area contributed by atoms with Crippen molar-refractivity contribution in [1.29, 1.82) is 0 Å². The number of ether oxygens (including phenoxy) is 1. The van der Waals surface area contributed by atoms with E-state index in [4.69, 9.17) is 4.74 Å². The maximum Gasteiger partial charge on any atom is 0.233 e. The molecule has 0 aliphatic heterocycles. The molecule has 130 valence electrons. The lowest BCUT2D eigenvalue weighted by atomic mass is 10.1. The lowest BCUT2D eigenvalue weighted by Gasteiger charge is -2.17. The summed E-state index contributed by atoms with van der Waals surface area (Å²) in [6.07, 6.45) is 3.43. The van der Waals surface area contributed by atoms with E-state index < -0.39 is 0 Å². The van der Waals surface area contributed by atoms with Crippen LogP contribution in [0, 0.1) is 0 Å². The third-order valence-corrected chi connectivity index (χ3v) is 4.88. The van der Waals surface area contributed by atoms with Crippen molar-refractivity contribution in [3.63, 3.8) is 0 Å². The number of thioether (sulfide) groups is 1. The first-order chi connectivity index (χ1) is 11.5. The first-order valence-electron chi connectivity index (χ1n) is 7.93. The first kappa shape index (κ1) is 18.3. The van der Waals surface area contributed by atoms with Crippen LogP contribution in [0.3, 0.4) is 0 Å². The van der Waals surface area contributed by atoms with E-state index in [1.54, 1.807) is 13.4 Å². The predicted octanol–water partition coefficient (Wildman–Crippen LogP) is 2.44. The standard InChI is InChI=1S/C17H24N4O2S/c1-12(5-6-14-7-9-15(23-4)10-8-14)19-16(22)13(2)24-17-20-18-11-21(17)3/h7-13H,5-6H2,1-4H3,(H,19,22)/t12-,13+/m1/s1. The second-order valence-corrected chi connectivity index (χ2v) is 7.09. The second-order valence-electron chi connectivity index (χ2n) is 5.78. The average Bonchev–Trinajstić information content (AvgIpc) is 2.98. The Morgan fingerprint density at radius 3 is 2.62 bits per heavy atom. The van der Waals surface area contributed by atoms with E-state index in [1.165, 1.54) is 17.3 Å². The van der Waals surface area contributed by atoms with Crippen LogP contribution in [0.2, 0.25) is 0 Å². The van der Waals surface area contributed by atoms with Crippen molar-refractivity contribution in [2.75, 3.05) is 7.11 Å². The van der Waals surface area contributed by atoms with Crippen LogP contribution < -0.4 is 10.1 Å². The van der Waals surface area contributed by atoms with Gasteiger partial charge in [-0.25, -0.2) is 0 Å². The van der Waals surface area contributed by atoms with E-state index in [0.717, 1.165) is 23.7 Å². The van der Waals surface area contributed by atoms with Gasteiger partial charge < -0.3 is 14.6 Å². The molecule has 2 aromatic rings. The molecule has 0 aliphatic rings. The summed E-state index contributed by atoms with van der Waals surface area (Å²) < 4.78 is 6.96. The molecule has 1 N–H and O–H groups in total. The van der Waals surface area contributed by atoms with Gasteiger partial charge in [0.15, 0.2) is 5.16 Å². The lowest BCUT2D eigenvalue weighted by molar-refractivity contribution is -0.120. The molecule has 0 fully saturated rings. The Hall–Kier alpha value is -2.02. The van der Waals surface area contributed by atoms with Crippen LogP contribution in [0.4, 0.5) is 0 Å². The summed E-state index contributed by atoms with van der Waals surface area (Å²) in [6.45, 7) is 3.91. The van der Waals surface area contributed by atoms with E-state index in [-0.39, 0.29) is 17.2 Å². The van der Waals surface area contributed by atoms with Gasteiger partial charge in [-0.3, -0.25) is 4.79 Å². The number of hydrogen-bond acceptors (Lipinski definition) is 5. The Morgan fingerprint density at radius 1 is 1.33 bits per heavy atom. The van der Waals surface area contributed by atoms with E-state index in [2.05, 4.69) is 27.6 Å². The highest BCUT2D eigenvalue weighted by Crippen LogP contribution is 2.20. The normalized spacial score (nSPS) is 13.3. The van der Waals surface area contributed by atoms with Crippen LogP contribution in [-0.4, -0.2) is 39.1 Å². The minimum absolute atomic E-state index is 0.0187. The Morgan fingerprint density at radius 2 is 2.04 bits per heavy atom. The van der Waals surface area contributed by atoms with Crippen molar-refractivity contribution in [1.82, 2.24) is 20.1 Å². The van der Waals surface area contributed by atoms with Crippen molar-refractivity contribution in [2.24, 2.45) is 7.05 Å². The topological polar surface area (TPSA) is 69.0 Å². The number of benzene rings is 1. The zero-order valence-electron chi connectivity index (χ0n) is 14.5. The molecule has 0 saturated carbocycles. The van der Waals surface area contributed by atoms with E-state index in [0.29, 0.717) is 0 Å². The van der Waals surface area contributed by atoms with Crippen molar-refractivity contribution in [3.05, 3.63) is 36.2 Å². The van der Waals surface area contributed by atoms with E-state index in [1.807, 2.05) is 37.6 Å². The van der Waals surface area contributed by atoms with Crippen LogP contribution in [0.25, 0.3) is 0 Å². The highest BCUT2D eigenvalue weighted by atomic mass is 32.2. The fraction of sp³-hybridized carbons (Fsp3) is 0.471. The molecule has 0 unspecified atom stereocenters. The Bertz CT molecular complexity index is 657. The molecule has 7 heteroatoms. The molecule has 0 radical (unpaired) electrons. The van der Waals surface area contributed by atoms with Crippen molar-refractivity contribution < 1.29 is 9.53 Å². The quantitative estimate of drug-likeness (QED) is 0.742. The number of aromatic nitrogens is 3. The number of nitrogens with one attached hydrogen (secondary N) is 1. The monoisotopic (exact) mass is 348 g/mol. The van der Waals surface area contributed by atoms with Gasteiger partial charge in [-0.1, -0.05) is 23.9 Å². The molecular weight excluding hydrogens is 324 g/mol. The van der Waals surface area contributed by atoms with Gasteiger partial charge in [-0.2, -0.15) is 0 Å². The van der Waals surface area contributed by atoms with Gasteiger partial charge in [0.05, 0.1) is 12.4 Å². The number of nitrogens with zero attached hydrogens (tertiary/aromatic N) is 3. The van der Waals surface area contributed by atoms with Gasteiger partial charge >= 0.3 is 0 Å². The number of carbonyl (C=O) groups excluding carboxylic acids is 1. The maximum atomic E-state index is 12.3. The van der Waals surface area contributed by atoms with Crippen LogP contribution in [0.5, 0.6) is 5.75 Å². The van der Waals surface area contributed by atoms with Gasteiger partial charge in [-0.05, 0) is 44.4 Å². The van der Waals surface area contributed by atoms with E-state index in [9.17, 15) is 4.79 Å². The molecule has 0 bridgehead atoms. The molecule has 0 spiro atoms. The number of rotatable bonds is 8. The number of carbonyl (C=O) groups is 1. The molecule has 1 heterocycles. The number of methoxy groups -OCH3 is 1. The van der Waals surface area contributed by atoms with Gasteiger partial charge in [0.1, 0.15) is 12.1 Å². The summed E-state index contributed by atoms with van der Waals surface area (Å²) >= 11 is 1.41. The smallest absolute Gasteiger partial charge is 0.233 e. The molecule has 0 saturated heterocycles. The molecule has 1 aromatic heterocycles. The third kappa shape index (κ3) is 5.26. The molecule has 6 nitrogen and oxygen atoms in total. The largest absolute Gasteiger partial charge is 0.497 e. The molecule has 1 aromatic carbocycles. The summed E-state index contributed by atoms with van der Waals surface area (Å²) in [5.74, 6) is 0.875. The zero-order chi connectivity index (χ0) is 17.5. The lowest BCUT2D eigenvalue weighted by Crippen LogP contribution is -2.38. The van der Waals surface area contributed by atoms with Gasteiger partial charge in [-0.15, -0.1) is 10.2 Å². The maximum absolute atomic E-state index is 12.3. The third-order valence-electron chi connectivity index (χ3n) is 3.74. The minimum atomic E-state index is -0.212. The molecule has 2 atom stereocenters. The highest BCUT2D eigenvalue weighted by Gasteiger charge is 2.18. The zero-order valence-corrected chi connectivity index (χ0v) is 15.3. The summed E-state index contributed by atoms with van der Waals surface area (Å²) in [4.78, 5) is 12.3. The molecule has 2 rings (SSSR count). The van der Waals surface area contributed by atoms with Crippen LogP contribution in [0.15, 0.2) is 35.7 Å². The Labute approximate surface area is 147 Å². The molecule has 0 aliphatic carbocycles. The Balaban J connectivity index is 1.77. The van der Waals surface area contributed by atoms with Gasteiger partial charge in [0.2, 0.25) is 5.91 Å². The molecule has 24 heavy (non-hydrogen) atoms. The summed E-state index contributed by atoms with van der Waals surface area (Å²) in [5.41, 5.74) is 1.23. The Kier molecular flexibility index (Phi) is 6.66. The summed E-state index contributed by atoms with van der Waals surface area (Å²) in [6, 6.07) is 8.14. The summed E-state index contributed by atoms with van der Waals surface area (Å²) in [5, 5.41) is 11.4. The van der Waals surface area contributed by atoms with Crippen molar-refractivity contribution in [3.8, 4) is 5.75 Å². The molecule has 1 amide bonds. The van der Waals surface area contributed by atoms with Crippen LogP contribution in [-0.2, 0) is 18.3 Å². The number of amides is 1. The van der Waals surface area contributed by atoms with Gasteiger partial charge in [0.25, 0.3) is 0 Å². The first-order valence-corrected chi connectivity index (χ1v) is 8.81.